The topological polar surface area (TPSA) is 49.8 Å². The van der Waals surface area contributed by atoms with Gasteiger partial charge in [-0.2, -0.15) is 11.8 Å². The average molecular weight is 292 g/mol. The van der Waals surface area contributed by atoms with Crippen LogP contribution in [0.2, 0.25) is 0 Å². The Morgan fingerprint density at radius 3 is 2.45 bits per heavy atom. The van der Waals surface area contributed by atoms with Crippen molar-refractivity contribution < 1.29 is 0 Å². The molecule has 3 rings (SSSR count). The van der Waals surface area contributed by atoms with Crippen molar-refractivity contribution in [2.45, 2.75) is 49.7 Å². The Kier molecular flexibility index (Phi) is 4.06. The van der Waals surface area contributed by atoms with Gasteiger partial charge in [-0.25, -0.2) is 9.97 Å². The molecule has 2 aliphatic rings. The van der Waals surface area contributed by atoms with Gasteiger partial charge in [0.15, 0.2) is 0 Å². The monoisotopic (exact) mass is 292 g/mol. The highest BCUT2D eigenvalue weighted by molar-refractivity contribution is 8.00. The van der Waals surface area contributed by atoms with E-state index in [4.69, 9.17) is 4.98 Å². The number of anilines is 2. The van der Waals surface area contributed by atoms with Crippen LogP contribution in [0.5, 0.6) is 0 Å². The third-order valence-corrected chi connectivity index (χ3v) is 5.75. The van der Waals surface area contributed by atoms with Gasteiger partial charge in [0.1, 0.15) is 17.5 Å². The smallest absolute Gasteiger partial charge is 0.136 e. The van der Waals surface area contributed by atoms with Crippen molar-refractivity contribution in [1.82, 2.24) is 9.97 Å². The van der Waals surface area contributed by atoms with E-state index in [1.54, 1.807) is 0 Å². The van der Waals surface area contributed by atoms with Gasteiger partial charge in [-0.1, -0.05) is 6.42 Å². The van der Waals surface area contributed by atoms with Crippen molar-refractivity contribution in [1.29, 1.82) is 0 Å². The van der Waals surface area contributed by atoms with Crippen LogP contribution >= 0.6 is 11.8 Å². The summed E-state index contributed by atoms with van der Waals surface area (Å²) < 4.78 is 0.434. The molecule has 0 spiro atoms. The summed E-state index contributed by atoms with van der Waals surface area (Å²) in [5.41, 5.74) is 0. The minimum Gasteiger partial charge on any atom is -0.370 e. The second kappa shape index (κ2) is 5.80. The number of hydrogen-bond donors (Lipinski definition) is 2. The molecular formula is C15H24N4S. The number of thioether (sulfide) groups is 1. The zero-order valence-electron chi connectivity index (χ0n) is 12.4. The molecule has 0 radical (unpaired) electrons. The first-order valence-corrected chi connectivity index (χ1v) is 8.89. The van der Waals surface area contributed by atoms with E-state index in [2.05, 4.69) is 28.8 Å². The Labute approximate surface area is 125 Å². The van der Waals surface area contributed by atoms with Crippen LogP contribution in [-0.4, -0.2) is 34.1 Å². The van der Waals surface area contributed by atoms with Crippen molar-refractivity contribution in [3.05, 3.63) is 11.9 Å². The first kappa shape index (κ1) is 14.0. The molecule has 1 aromatic rings. The molecule has 110 valence electrons. The lowest BCUT2D eigenvalue weighted by Crippen LogP contribution is -2.40. The molecule has 4 nitrogen and oxygen atoms in total. The van der Waals surface area contributed by atoms with E-state index in [9.17, 15) is 0 Å². The van der Waals surface area contributed by atoms with E-state index in [-0.39, 0.29) is 0 Å². The van der Waals surface area contributed by atoms with Crippen LogP contribution in [0.25, 0.3) is 0 Å². The third kappa shape index (κ3) is 3.03. The predicted octanol–water partition coefficient (Wildman–Crippen LogP) is 3.48. The summed E-state index contributed by atoms with van der Waals surface area (Å²) in [6, 6.07) is 2.04. The molecule has 2 aliphatic carbocycles. The van der Waals surface area contributed by atoms with E-state index >= 15 is 0 Å². The van der Waals surface area contributed by atoms with Gasteiger partial charge in [0, 0.05) is 29.8 Å². The van der Waals surface area contributed by atoms with Crippen LogP contribution in [0.1, 0.15) is 50.8 Å². The summed E-state index contributed by atoms with van der Waals surface area (Å²) in [7, 11) is 0. The molecule has 2 N–H and O–H groups in total. The van der Waals surface area contributed by atoms with Crippen LogP contribution in [0.4, 0.5) is 11.6 Å². The number of aromatic nitrogens is 2. The molecule has 2 saturated carbocycles. The molecule has 0 amide bonds. The maximum atomic E-state index is 4.70. The maximum Gasteiger partial charge on any atom is 0.136 e. The fraction of sp³-hybridized carbons (Fsp3) is 0.733. The van der Waals surface area contributed by atoms with Crippen LogP contribution in [0.15, 0.2) is 6.07 Å². The summed E-state index contributed by atoms with van der Waals surface area (Å²) in [5, 5.41) is 6.86. The largest absolute Gasteiger partial charge is 0.370 e. The molecule has 2 fully saturated rings. The summed E-state index contributed by atoms with van der Waals surface area (Å²) in [5.74, 6) is 3.54. The quantitative estimate of drug-likeness (QED) is 0.805. The van der Waals surface area contributed by atoms with E-state index in [0.717, 1.165) is 30.5 Å². The number of rotatable bonds is 7. The number of hydrogen-bond acceptors (Lipinski definition) is 5. The van der Waals surface area contributed by atoms with Crippen LogP contribution in [-0.2, 0) is 0 Å². The predicted molar refractivity (Wildman–Crippen MR) is 86.8 cm³/mol. The summed E-state index contributed by atoms with van der Waals surface area (Å²) in [6.45, 7) is 4.01. The van der Waals surface area contributed by atoms with E-state index < -0.39 is 0 Å². The Balaban J connectivity index is 1.70. The Hall–Kier alpha value is -0.970. The Morgan fingerprint density at radius 2 is 1.95 bits per heavy atom. The molecular weight excluding hydrogens is 268 g/mol. The van der Waals surface area contributed by atoms with Crippen molar-refractivity contribution >= 4 is 23.4 Å². The lowest BCUT2D eigenvalue weighted by atomic mass is 9.84. The molecule has 0 atom stereocenters. The van der Waals surface area contributed by atoms with E-state index in [0.29, 0.717) is 10.7 Å². The third-order valence-electron chi connectivity index (χ3n) is 4.33. The number of nitrogens with zero attached hydrogens (tertiary/aromatic N) is 2. The highest BCUT2D eigenvalue weighted by Crippen LogP contribution is 2.43. The minimum atomic E-state index is 0.434. The molecule has 0 aromatic carbocycles. The molecule has 1 heterocycles. The van der Waals surface area contributed by atoms with Gasteiger partial charge in [-0.05, 0) is 38.9 Å². The molecule has 5 heteroatoms. The zero-order chi connectivity index (χ0) is 14.0. The molecule has 20 heavy (non-hydrogen) atoms. The standard InChI is InChI=1S/C15H24N4S/c1-3-16-12-9-13(19-14(18-12)11-5-6-11)17-10-15(20-2)7-4-8-15/h9,11H,3-8,10H2,1-2H3,(H2,16,17,18,19). The van der Waals surface area contributed by atoms with Gasteiger partial charge in [0.2, 0.25) is 0 Å². The second-order valence-corrected chi connectivity index (χ2v) is 7.17. The summed E-state index contributed by atoms with van der Waals surface area (Å²) in [6.07, 6.45) is 8.71. The van der Waals surface area contributed by atoms with Gasteiger partial charge >= 0.3 is 0 Å². The highest BCUT2D eigenvalue weighted by Gasteiger charge is 2.36. The highest BCUT2D eigenvalue weighted by atomic mass is 32.2. The Morgan fingerprint density at radius 1 is 1.25 bits per heavy atom. The van der Waals surface area contributed by atoms with Gasteiger partial charge in [-0.15, -0.1) is 0 Å². The van der Waals surface area contributed by atoms with Crippen LogP contribution in [0, 0.1) is 0 Å². The van der Waals surface area contributed by atoms with Gasteiger partial charge < -0.3 is 10.6 Å². The minimum absolute atomic E-state index is 0.434. The normalized spacial score (nSPS) is 20.3. The zero-order valence-corrected chi connectivity index (χ0v) is 13.2. The van der Waals surface area contributed by atoms with Crippen LogP contribution < -0.4 is 10.6 Å². The molecule has 1 aromatic heterocycles. The fourth-order valence-corrected chi connectivity index (χ4v) is 3.54. The molecule has 0 unspecified atom stereocenters. The first-order valence-electron chi connectivity index (χ1n) is 7.66. The van der Waals surface area contributed by atoms with Crippen molar-refractivity contribution in [2.24, 2.45) is 0 Å². The molecule has 0 aliphatic heterocycles. The Bertz CT molecular complexity index is 463. The van der Waals surface area contributed by atoms with Crippen LogP contribution in [0.3, 0.4) is 0 Å². The SMILES string of the molecule is CCNc1cc(NCC2(SC)CCC2)nc(C2CC2)n1. The van der Waals surface area contributed by atoms with Gasteiger partial charge in [0.05, 0.1) is 0 Å². The van der Waals surface area contributed by atoms with E-state index in [1.165, 1.54) is 32.1 Å². The van der Waals surface area contributed by atoms with E-state index in [1.807, 2.05) is 17.8 Å². The van der Waals surface area contributed by atoms with Crippen molar-refractivity contribution in [3.8, 4) is 0 Å². The summed E-state index contributed by atoms with van der Waals surface area (Å²) >= 11 is 1.99. The fourth-order valence-electron chi connectivity index (χ4n) is 2.63. The van der Waals surface area contributed by atoms with Crippen molar-refractivity contribution in [3.63, 3.8) is 0 Å². The number of nitrogens with one attached hydrogen (secondary N) is 2. The average Bonchev–Trinajstić information content (AvgIpc) is 3.22. The second-order valence-electron chi connectivity index (χ2n) is 5.90. The van der Waals surface area contributed by atoms with Crippen molar-refractivity contribution in [2.75, 3.05) is 30.0 Å². The molecule has 0 saturated heterocycles. The van der Waals surface area contributed by atoms with Gasteiger partial charge in [-0.3, -0.25) is 0 Å². The van der Waals surface area contributed by atoms with Gasteiger partial charge in [0.25, 0.3) is 0 Å². The maximum absolute atomic E-state index is 4.70. The first-order chi connectivity index (χ1) is 9.74. The lowest BCUT2D eigenvalue weighted by molar-refractivity contribution is 0.379. The lowest BCUT2D eigenvalue weighted by Gasteiger charge is -2.40. The molecule has 0 bridgehead atoms. The summed E-state index contributed by atoms with van der Waals surface area (Å²) in [4.78, 5) is 9.32.